The van der Waals surface area contributed by atoms with E-state index in [4.69, 9.17) is 15.0 Å². The lowest BCUT2D eigenvalue weighted by atomic mass is 10.0. The average molecular weight is 199 g/mol. The fraction of sp³-hybridized carbons (Fsp3) is 1.00. The Kier molecular flexibility index (Phi) is 4.73. The van der Waals surface area contributed by atoms with Crippen LogP contribution in [-0.2, 0) is 9.47 Å². The third-order valence-corrected chi connectivity index (χ3v) is 2.40. The van der Waals surface area contributed by atoms with Gasteiger partial charge in [0.15, 0.2) is 6.29 Å². The molecule has 0 amide bonds. The molecule has 0 bridgehead atoms. The first kappa shape index (κ1) is 11.3. The standard InChI is InChI=1S/C9H17N3O2/c1-7(9-13-5-6-14-9)3-4-8(2)11-12-10/h7-9H,3-6H2,1-2H3. The lowest BCUT2D eigenvalue weighted by molar-refractivity contribution is -0.0807. The molecule has 2 unspecified atom stereocenters. The van der Waals surface area contributed by atoms with Crippen molar-refractivity contribution in [2.45, 2.75) is 39.0 Å². The smallest absolute Gasteiger partial charge is 0.160 e. The highest BCUT2D eigenvalue weighted by Crippen LogP contribution is 2.20. The van der Waals surface area contributed by atoms with Crippen LogP contribution in [0.4, 0.5) is 0 Å². The van der Waals surface area contributed by atoms with Gasteiger partial charge in [0.25, 0.3) is 0 Å². The van der Waals surface area contributed by atoms with Gasteiger partial charge in [-0.05, 0) is 18.4 Å². The molecule has 0 aliphatic carbocycles. The second-order valence-corrected chi connectivity index (χ2v) is 3.72. The van der Waals surface area contributed by atoms with Crippen LogP contribution in [0, 0.1) is 5.92 Å². The molecule has 14 heavy (non-hydrogen) atoms. The summed E-state index contributed by atoms with van der Waals surface area (Å²) in [6.45, 7) is 5.41. The highest BCUT2D eigenvalue weighted by atomic mass is 16.7. The second-order valence-electron chi connectivity index (χ2n) is 3.72. The molecule has 0 radical (unpaired) electrons. The Morgan fingerprint density at radius 2 is 2.00 bits per heavy atom. The zero-order chi connectivity index (χ0) is 10.4. The maximum absolute atomic E-state index is 8.22. The van der Waals surface area contributed by atoms with Gasteiger partial charge >= 0.3 is 0 Å². The summed E-state index contributed by atoms with van der Waals surface area (Å²) in [4.78, 5) is 2.77. The van der Waals surface area contributed by atoms with Gasteiger partial charge in [0.1, 0.15) is 0 Å². The Bertz CT molecular complexity index is 210. The van der Waals surface area contributed by atoms with Crippen molar-refractivity contribution in [1.82, 2.24) is 0 Å². The van der Waals surface area contributed by atoms with Gasteiger partial charge in [0.05, 0.1) is 13.2 Å². The van der Waals surface area contributed by atoms with Crippen LogP contribution in [0.25, 0.3) is 10.4 Å². The normalized spacial score (nSPS) is 21.6. The first-order chi connectivity index (χ1) is 6.74. The molecule has 1 rings (SSSR count). The minimum atomic E-state index is -0.0618. The summed E-state index contributed by atoms with van der Waals surface area (Å²) in [5, 5.41) is 3.62. The van der Waals surface area contributed by atoms with E-state index in [1.54, 1.807) is 0 Å². The van der Waals surface area contributed by atoms with E-state index in [1.165, 1.54) is 0 Å². The van der Waals surface area contributed by atoms with Gasteiger partial charge in [-0.15, -0.1) is 0 Å². The number of azide groups is 1. The van der Waals surface area contributed by atoms with Gasteiger partial charge in [-0.2, -0.15) is 0 Å². The van der Waals surface area contributed by atoms with E-state index in [0.717, 1.165) is 12.8 Å². The largest absolute Gasteiger partial charge is 0.350 e. The summed E-state index contributed by atoms with van der Waals surface area (Å²) in [7, 11) is 0. The number of ether oxygens (including phenoxy) is 2. The molecule has 0 aromatic carbocycles. The van der Waals surface area contributed by atoms with Crippen LogP contribution in [0.3, 0.4) is 0 Å². The molecular formula is C9H17N3O2. The lowest BCUT2D eigenvalue weighted by Crippen LogP contribution is -2.19. The van der Waals surface area contributed by atoms with E-state index >= 15 is 0 Å². The molecule has 0 N–H and O–H groups in total. The maximum Gasteiger partial charge on any atom is 0.160 e. The topological polar surface area (TPSA) is 67.2 Å². The predicted octanol–water partition coefficient (Wildman–Crippen LogP) is 2.47. The Hall–Kier alpha value is -0.770. The molecule has 5 heteroatoms. The highest BCUT2D eigenvalue weighted by Gasteiger charge is 2.22. The van der Waals surface area contributed by atoms with Crippen molar-refractivity contribution in [2.75, 3.05) is 13.2 Å². The molecule has 5 nitrogen and oxygen atoms in total. The molecule has 1 aliphatic heterocycles. The fourth-order valence-corrected chi connectivity index (χ4v) is 1.49. The van der Waals surface area contributed by atoms with Gasteiger partial charge in [0, 0.05) is 16.9 Å². The molecule has 0 aromatic rings. The Morgan fingerprint density at radius 1 is 1.36 bits per heavy atom. The van der Waals surface area contributed by atoms with Crippen LogP contribution in [0.1, 0.15) is 26.7 Å². The van der Waals surface area contributed by atoms with Gasteiger partial charge in [-0.3, -0.25) is 0 Å². The van der Waals surface area contributed by atoms with Crippen LogP contribution in [0.5, 0.6) is 0 Å². The molecule has 1 heterocycles. The van der Waals surface area contributed by atoms with Crippen LogP contribution >= 0.6 is 0 Å². The predicted molar refractivity (Wildman–Crippen MR) is 52.7 cm³/mol. The Morgan fingerprint density at radius 3 is 2.57 bits per heavy atom. The zero-order valence-electron chi connectivity index (χ0n) is 8.72. The van der Waals surface area contributed by atoms with Crippen molar-refractivity contribution in [1.29, 1.82) is 0 Å². The monoisotopic (exact) mass is 199 g/mol. The Balaban J connectivity index is 2.19. The highest BCUT2D eigenvalue weighted by molar-refractivity contribution is 4.67. The number of hydrogen-bond acceptors (Lipinski definition) is 3. The van der Waals surface area contributed by atoms with E-state index in [9.17, 15) is 0 Å². The molecule has 1 saturated heterocycles. The van der Waals surface area contributed by atoms with Crippen LogP contribution < -0.4 is 0 Å². The fourth-order valence-electron chi connectivity index (χ4n) is 1.49. The summed E-state index contributed by atoms with van der Waals surface area (Å²) in [6, 6.07) is 0.0591. The quantitative estimate of drug-likeness (QED) is 0.388. The summed E-state index contributed by atoms with van der Waals surface area (Å²) in [5.41, 5.74) is 8.22. The van der Waals surface area contributed by atoms with Crippen LogP contribution in [0.2, 0.25) is 0 Å². The van der Waals surface area contributed by atoms with E-state index in [2.05, 4.69) is 16.9 Å². The second kappa shape index (κ2) is 5.86. The number of hydrogen-bond donors (Lipinski definition) is 0. The summed E-state index contributed by atoms with van der Waals surface area (Å²) < 4.78 is 10.8. The lowest BCUT2D eigenvalue weighted by Gasteiger charge is -2.18. The average Bonchev–Trinajstić information content (AvgIpc) is 2.67. The molecule has 0 saturated carbocycles. The molecule has 0 spiro atoms. The first-order valence-electron chi connectivity index (χ1n) is 5.01. The van der Waals surface area contributed by atoms with Crippen molar-refractivity contribution >= 4 is 0 Å². The van der Waals surface area contributed by atoms with Gasteiger partial charge < -0.3 is 9.47 Å². The van der Waals surface area contributed by atoms with E-state index in [1.807, 2.05) is 6.92 Å². The molecule has 1 fully saturated rings. The maximum atomic E-state index is 8.22. The van der Waals surface area contributed by atoms with Crippen molar-refractivity contribution in [3.63, 3.8) is 0 Å². The van der Waals surface area contributed by atoms with Crippen LogP contribution in [-0.4, -0.2) is 25.5 Å². The zero-order valence-corrected chi connectivity index (χ0v) is 8.72. The molecular weight excluding hydrogens is 182 g/mol. The summed E-state index contributed by atoms with van der Waals surface area (Å²) in [6.07, 6.45) is 1.78. The minimum absolute atomic E-state index is 0.0591. The van der Waals surface area contributed by atoms with Crippen molar-refractivity contribution < 1.29 is 9.47 Å². The van der Waals surface area contributed by atoms with Crippen molar-refractivity contribution in [3.05, 3.63) is 10.4 Å². The van der Waals surface area contributed by atoms with E-state index < -0.39 is 0 Å². The molecule has 1 aliphatic rings. The van der Waals surface area contributed by atoms with Gasteiger partial charge in [-0.1, -0.05) is 19.0 Å². The van der Waals surface area contributed by atoms with Gasteiger partial charge in [-0.25, -0.2) is 0 Å². The molecule has 0 aromatic heterocycles. The SMILES string of the molecule is CC(CCC(C)C1OCCO1)N=[N+]=[N-]. The van der Waals surface area contributed by atoms with Crippen molar-refractivity contribution in [3.8, 4) is 0 Å². The molecule has 2 atom stereocenters. The third kappa shape index (κ3) is 3.54. The summed E-state index contributed by atoms with van der Waals surface area (Å²) in [5.74, 6) is 0.369. The third-order valence-electron chi connectivity index (χ3n) is 2.40. The van der Waals surface area contributed by atoms with Gasteiger partial charge in [0.2, 0.25) is 0 Å². The van der Waals surface area contributed by atoms with Crippen molar-refractivity contribution in [2.24, 2.45) is 11.0 Å². The van der Waals surface area contributed by atoms with E-state index in [-0.39, 0.29) is 12.3 Å². The number of nitrogens with zero attached hydrogens (tertiary/aromatic N) is 3. The van der Waals surface area contributed by atoms with E-state index in [0.29, 0.717) is 19.1 Å². The number of rotatable bonds is 5. The van der Waals surface area contributed by atoms with Crippen LogP contribution in [0.15, 0.2) is 5.11 Å². The summed E-state index contributed by atoms with van der Waals surface area (Å²) >= 11 is 0. The first-order valence-corrected chi connectivity index (χ1v) is 5.01. The minimum Gasteiger partial charge on any atom is -0.350 e. The molecule has 80 valence electrons. The Labute approximate surface area is 84.0 Å².